The Labute approximate surface area is 182 Å². The predicted molar refractivity (Wildman–Crippen MR) is 122 cm³/mol. The van der Waals surface area contributed by atoms with E-state index < -0.39 is 11.9 Å². The van der Waals surface area contributed by atoms with Crippen LogP contribution in [0.25, 0.3) is 11.6 Å². The summed E-state index contributed by atoms with van der Waals surface area (Å²) >= 11 is 0. The molecule has 0 aliphatic carbocycles. The zero-order chi connectivity index (χ0) is 22.2. The fourth-order valence-corrected chi connectivity index (χ4v) is 3.24. The maximum absolute atomic E-state index is 13.0. The van der Waals surface area contributed by atoms with Gasteiger partial charge < -0.3 is 9.84 Å². The van der Waals surface area contributed by atoms with Crippen molar-refractivity contribution in [2.24, 2.45) is 5.92 Å². The lowest BCUT2D eigenvalue weighted by atomic mass is 9.98. The van der Waals surface area contributed by atoms with Crippen LogP contribution in [0.2, 0.25) is 0 Å². The maximum Gasteiger partial charge on any atom is 0.339 e. The highest BCUT2D eigenvalue weighted by Crippen LogP contribution is 2.22. The summed E-state index contributed by atoms with van der Waals surface area (Å²) in [6, 6.07) is 23.8. The van der Waals surface area contributed by atoms with Gasteiger partial charge in [-0.1, -0.05) is 80.6 Å². The van der Waals surface area contributed by atoms with Crippen molar-refractivity contribution in [2.75, 3.05) is 0 Å². The van der Waals surface area contributed by atoms with Crippen molar-refractivity contribution in [1.82, 2.24) is 0 Å². The fraction of sp³-hybridized carbons (Fsp3) is 0.185. The van der Waals surface area contributed by atoms with Crippen LogP contribution in [0.1, 0.15) is 46.5 Å². The number of hydrogen-bond acceptors (Lipinski definition) is 3. The zero-order valence-corrected chi connectivity index (χ0v) is 17.7. The number of benzene rings is 3. The molecule has 0 unspecified atom stereocenters. The lowest BCUT2D eigenvalue weighted by molar-refractivity contribution is -0.137. The summed E-state index contributed by atoms with van der Waals surface area (Å²) < 4.78 is 5.57. The molecule has 0 radical (unpaired) electrons. The molecule has 0 bridgehead atoms. The number of carbonyl (C=O) groups excluding carboxylic acids is 1. The molecule has 0 aliphatic heterocycles. The van der Waals surface area contributed by atoms with Crippen LogP contribution >= 0.6 is 0 Å². The molecular formula is C27H26O4. The molecule has 0 saturated heterocycles. The van der Waals surface area contributed by atoms with Gasteiger partial charge in [-0.25, -0.2) is 9.59 Å². The Morgan fingerprint density at radius 2 is 1.45 bits per heavy atom. The zero-order valence-electron chi connectivity index (χ0n) is 17.7. The minimum Gasteiger partial charge on any atom is -0.478 e. The summed E-state index contributed by atoms with van der Waals surface area (Å²) in [6.45, 7) is 4.52. The minimum atomic E-state index is -0.987. The minimum absolute atomic E-state index is 0.181. The Hall–Kier alpha value is -3.66. The fourth-order valence-electron chi connectivity index (χ4n) is 3.24. The van der Waals surface area contributed by atoms with Crippen LogP contribution in [0.5, 0.6) is 0 Å². The number of hydrogen-bond donors (Lipinski definition) is 1. The van der Waals surface area contributed by atoms with Gasteiger partial charge in [0.05, 0.1) is 11.1 Å². The van der Waals surface area contributed by atoms with E-state index in [0.717, 1.165) is 23.1 Å². The second-order valence-electron chi connectivity index (χ2n) is 7.84. The number of carboxylic acids is 1. The van der Waals surface area contributed by atoms with Crippen molar-refractivity contribution in [2.45, 2.75) is 26.9 Å². The molecule has 158 valence electrons. The Balaban J connectivity index is 1.88. The van der Waals surface area contributed by atoms with Gasteiger partial charge in [0.25, 0.3) is 0 Å². The van der Waals surface area contributed by atoms with E-state index in [9.17, 15) is 9.59 Å². The molecule has 0 spiro atoms. The normalized spacial score (nSPS) is 11.4. The van der Waals surface area contributed by atoms with E-state index in [1.165, 1.54) is 17.7 Å². The van der Waals surface area contributed by atoms with Gasteiger partial charge in [0.15, 0.2) is 0 Å². The van der Waals surface area contributed by atoms with E-state index in [0.29, 0.717) is 11.5 Å². The van der Waals surface area contributed by atoms with Gasteiger partial charge >= 0.3 is 11.9 Å². The molecule has 3 rings (SSSR count). The molecule has 0 saturated carbocycles. The number of carbonyl (C=O) groups is 2. The van der Waals surface area contributed by atoms with Gasteiger partial charge in [-0.15, -0.1) is 0 Å². The quantitative estimate of drug-likeness (QED) is 0.285. The molecule has 3 aromatic rings. The SMILES string of the molecule is CC(C)Cc1ccc(C(=Cc2ccc(C(=O)O)cc2)C(=O)OCc2ccccc2)cc1. The molecule has 0 aromatic heterocycles. The lowest BCUT2D eigenvalue weighted by Gasteiger charge is -2.11. The van der Waals surface area contributed by atoms with Crippen LogP contribution in [-0.4, -0.2) is 17.0 Å². The molecule has 0 heterocycles. The van der Waals surface area contributed by atoms with Gasteiger partial charge in [-0.05, 0) is 52.8 Å². The third kappa shape index (κ3) is 6.41. The molecule has 3 aromatic carbocycles. The standard InChI is InChI=1S/C27H26O4/c1-19(2)16-20-8-12-23(13-9-20)25(17-21-10-14-24(15-11-21)26(28)29)27(30)31-18-22-6-4-3-5-7-22/h3-15,17,19H,16,18H2,1-2H3,(H,28,29). The van der Waals surface area contributed by atoms with Gasteiger partial charge in [-0.3, -0.25) is 0 Å². The van der Waals surface area contributed by atoms with E-state index in [1.54, 1.807) is 18.2 Å². The van der Waals surface area contributed by atoms with Gasteiger partial charge in [0.2, 0.25) is 0 Å². The highest BCUT2D eigenvalue weighted by molar-refractivity contribution is 6.21. The Morgan fingerprint density at radius 1 is 0.839 bits per heavy atom. The highest BCUT2D eigenvalue weighted by Gasteiger charge is 2.15. The maximum atomic E-state index is 13.0. The Bertz CT molecular complexity index is 1050. The molecule has 31 heavy (non-hydrogen) atoms. The predicted octanol–water partition coefficient (Wildman–Crippen LogP) is 5.87. The second kappa shape index (κ2) is 10.4. The summed E-state index contributed by atoms with van der Waals surface area (Å²) in [5.41, 5.74) is 4.23. The summed E-state index contributed by atoms with van der Waals surface area (Å²) in [5.74, 6) is -0.869. The molecule has 0 fully saturated rings. The molecule has 4 nitrogen and oxygen atoms in total. The number of rotatable bonds is 8. The molecule has 0 amide bonds. The first-order valence-corrected chi connectivity index (χ1v) is 10.3. The van der Waals surface area contributed by atoms with Crippen molar-refractivity contribution in [3.05, 3.63) is 107 Å². The average molecular weight is 415 g/mol. The van der Waals surface area contributed by atoms with Crippen LogP contribution < -0.4 is 0 Å². The first-order chi connectivity index (χ1) is 14.9. The van der Waals surface area contributed by atoms with E-state index in [4.69, 9.17) is 9.84 Å². The number of carboxylic acid groups (broad SMARTS) is 1. The summed E-state index contributed by atoms with van der Waals surface area (Å²) in [5, 5.41) is 9.10. The first kappa shape index (κ1) is 22.0. The molecule has 0 aliphatic rings. The summed E-state index contributed by atoms with van der Waals surface area (Å²) in [7, 11) is 0. The van der Waals surface area contributed by atoms with Crippen LogP contribution in [-0.2, 0) is 22.6 Å². The third-order valence-electron chi connectivity index (χ3n) is 4.81. The number of esters is 1. The third-order valence-corrected chi connectivity index (χ3v) is 4.81. The molecule has 0 atom stereocenters. The molecule has 1 N–H and O–H groups in total. The van der Waals surface area contributed by atoms with E-state index in [1.807, 2.05) is 54.6 Å². The van der Waals surface area contributed by atoms with Crippen molar-refractivity contribution in [1.29, 1.82) is 0 Å². The van der Waals surface area contributed by atoms with E-state index in [2.05, 4.69) is 13.8 Å². The summed E-state index contributed by atoms with van der Waals surface area (Å²) in [6.07, 6.45) is 2.70. The summed E-state index contributed by atoms with van der Waals surface area (Å²) in [4.78, 5) is 24.1. The highest BCUT2D eigenvalue weighted by atomic mass is 16.5. The number of aromatic carboxylic acids is 1. The van der Waals surface area contributed by atoms with E-state index in [-0.39, 0.29) is 12.2 Å². The molecular weight excluding hydrogens is 388 g/mol. The van der Waals surface area contributed by atoms with Crippen LogP contribution in [0.15, 0.2) is 78.9 Å². The average Bonchev–Trinajstić information content (AvgIpc) is 2.77. The van der Waals surface area contributed by atoms with Crippen molar-refractivity contribution in [3.63, 3.8) is 0 Å². The topological polar surface area (TPSA) is 63.6 Å². The van der Waals surface area contributed by atoms with Crippen LogP contribution in [0.3, 0.4) is 0 Å². The smallest absolute Gasteiger partial charge is 0.339 e. The van der Waals surface area contributed by atoms with Crippen molar-refractivity contribution in [3.8, 4) is 0 Å². The van der Waals surface area contributed by atoms with Crippen LogP contribution in [0, 0.1) is 5.92 Å². The van der Waals surface area contributed by atoms with Crippen molar-refractivity contribution >= 4 is 23.6 Å². The monoisotopic (exact) mass is 414 g/mol. The Morgan fingerprint density at radius 3 is 2.03 bits per heavy atom. The van der Waals surface area contributed by atoms with Crippen molar-refractivity contribution < 1.29 is 19.4 Å². The van der Waals surface area contributed by atoms with Gasteiger partial charge in [0.1, 0.15) is 6.61 Å². The first-order valence-electron chi connectivity index (χ1n) is 10.3. The lowest BCUT2D eigenvalue weighted by Crippen LogP contribution is -2.08. The molecule has 4 heteroatoms. The Kier molecular flexibility index (Phi) is 7.39. The van der Waals surface area contributed by atoms with E-state index >= 15 is 0 Å². The van der Waals surface area contributed by atoms with Gasteiger partial charge in [-0.2, -0.15) is 0 Å². The second-order valence-corrected chi connectivity index (χ2v) is 7.84. The van der Waals surface area contributed by atoms with Gasteiger partial charge in [0, 0.05) is 0 Å². The van der Waals surface area contributed by atoms with Crippen LogP contribution in [0.4, 0.5) is 0 Å². The number of ether oxygens (including phenoxy) is 1. The largest absolute Gasteiger partial charge is 0.478 e.